The quantitative estimate of drug-likeness (QED) is 0.831. The van der Waals surface area contributed by atoms with Crippen molar-refractivity contribution in [2.45, 2.75) is 6.61 Å². The van der Waals surface area contributed by atoms with E-state index in [0.717, 1.165) is 12.1 Å². The summed E-state index contributed by atoms with van der Waals surface area (Å²) in [6.07, 6.45) is 0. The van der Waals surface area contributed by atoms with Crippen LogP contribution in [0.15, 0.2) is 22.7 Å². The average Bonchev–Trinajstić information content (AvgIpc) is 2.33. The summed E-state index contributed by atoms with van der Waals surface area (Å²) >= 11 is 8.82. The third-order valence-electron chi connectivity index (χ3n) is 2.27. The van der Waals surface area contributed by atoms with Crippen LogP contribution < -0.4 is 5.32 Å². The molecule has 2 aromatic rings. The molecule has 0 aliphatic rings. The van der Waals surface area contributed by atoms with Crippen LogP contribution in [0.4, 0.5) is 20.3 Å². The predicted molar refractivity (Wildman–Crippen MR) is 75.1 cm³/mol. The molecule has 4 nitrogen and oxygen atoms in total. The van der Waals surface area contributed by atoms with Gasteiger partial charge in [0.2, 0.25) is 0 Å². The van der Waals surface area contributed by atoms with Crippen molar-refractivity contribution in [1.82, 2.24) is 9.97 Å². The Hall–Kier alpha value is -1.31. The average molecular weight is 365 g/mol. The maximum absolute atomic E-state index is 13.7. The van der Waals surface area contributed by atoms with Crippen molar-refractivity contribution >= 4 is 39.0 Å². The number of hydrogen-bond donors (Lipinski definition) is 1. The molecule has 20 heavy (non-hydrogen) atoms. The number of hydrogen-bond acceptors (Lipinski definition) is 4. The third kappa shape index (κ3) is 3.62. The van der Waals surface area contributed by atoms with E-state index in [9.17, 15) is 8.78 Å². The number of benzene rings is 1. The Balaban J connectivity index is 2.35. The number of ether oxygens (including phenoxy) is 1. The number of anilines is 2. The van der Waals surface area contributed by atoms with Crippen LogP contribution in [0.2, 0.25) is 5.15 Å². The first kappa shape index (κ1) is 15.1. The molecule has 106 valence electrons. The van der Waals surface area contributed by atoms with E-state index in [2.05, 4.69) is 31.2 Å². The molecule has 0 atom stereocenters. The number of aromatic nitrogens is 2. The number of halogens is 4. The van der Waals surface area contributed by atoms with Crippen LogP contribution in [0.5, 0.6) is 0 Å². The normalized spacial score (nSPS) is 10.7. The largest absolute Gasteiger partial charge is 0.377 e. The second-order valence-electron chi connectivity index (χ2n) is 3.79. The van der Waals surface area contributed by atoms with E-state index in [0.29, 0.717) is 10.3 Å². The molecular weight excluding hydrogens is 356 g/mol. The van der Waals surface area contributed by atoms with Crippen LogP contribution in [-0.4, -0.2) is 17.1 Å². The fraction of sp³-hybridized carbons (Fsp3) is 0.167. The van der Waals surface area contributed by atoms with Crippen LogP contribution in [0.25, 0.3) is 0 Å². The minimum atomic E-state index is -0.750. The first-order chi connectivity index (χ1) is 9.49. The van der Waals surface area contributed by atoms with Gasteiger partial charge in [-0.25, -0.2) is 18.7 Å². The zero-order chi connectivity index (χ0) is 14.7. The van der Waals surface area contributed by atoms with Crippen molar-refractivity contribution in [1.29, 1.82) is 0 Å². The smallest absolute Gasteiger partial charge is 0.158 e. The Bertz CT molecular complexity index is 619. The standard InChI is InChI=1S/C12H9BrClF2N3O/c1-20-5-11-17-9(14)4-10(18-11)19-12-7(15)2-6(13)3-8(12)16/h2-4H,5H2,1H3,(H,17,18,19). The van der Waals surface area contributed by atoms with Gasteiger partial charge in [-0.1, -0.05) is 27.5 Å². The molecule has 0 aliphatic carbocycles. The van der Waals surface area contributed by atoms with Crippen LogP contribution >= 0.6 is 27.5 Å². The van der Waals surface area contributed by atoms with Crippen molar-refractivity contribution in [3.63, 3.8) is 0 Å². The molecule has 0 unspecified atom stereocenters. The summed E-state index contributed by atoms with van der Waals surface area (Å²) in [5, 5.41) is 2.69. The minimum absolute atomic E-state index is 0.139. The molecular formula is C12H9BrClF2N3O. The zero-order valence-corrected chi connectivity index (χ0v) is 12.6. The molecule has 0 spiro atoms. The highest BCUT2D eigenvalue weighted by atomic mass is 79.9. The van der Waals surface area contributed by atoms with Gasteiger partial charge < -0.3 is 10.1 Å². The van der Waals surface area contributed by atoms with Gasteiger partial charge in [0.25, 0.3) is 0 Å². The van der Waals surface area contributed by atoms with Gasteiger partial charge in [-0.15, -0.1) is 0 Å². The van der Waals surface area contributed by atoms with Gasteiger partial charge in [0.1, 0.15) is 23.3 Å². The van der Waals surface area contributed by atoms with Crippen molar-refractivity contribution in [2.75, 3.05) is 12.4 Å². The molecule has 0 fully saturated rings. The van der Waals surface area contributed by atoms with Gasteiger partial charge >= 0.3 is 0 Å². The van der Waals surface area contributed by atoms with E-state index < -0.39 is 11.6 Å². The zero-order valence-electron chi connectivity index (χ0n) is 10.3. The molecule has 8 heteroatoms. The Morgan fingerprint density at radius 1 is 1.25 bits per heavy atom. The van der Waals surface area contributed by atoms with E-state index in [1.54, 1.807) is 0 Å². The summed E-state index contributed by atoms with van der Waals surface area (Å²) in [5.74, 6) is -1.02. The van der Waals surface area contributed by atoms with Gasteiger partial charge in [-0.2, -0.15) is 0 Å². The van der Waals surface area contributed by atoms with Crippen LogP contribution in [0.3, 0.4) is 0 Å². The maximum atomic E-state index is 13.7. The molecule has 0 radical (unpaired) electrons. The fourth-order valence-electron chi connectivity index (χ4n) is 1.51. The highest BCUT2D eigenvalue weighted by Gasteiger charge is 2.12. The van der Waals surface area contributed by atoms with Crippen molar-refractivity contribution < 1.29 is 13.5 Å². The summed E-state index contributed by atoms with van der Waals surface area (Å²) in [4.78, 5) is 7.97. The maximum Gasteiger partial charge on any atom is 0.158 e. The summed E-state index contributed by atoms with van der Waals surface area (Å²) in [6.45, 7) is 0.139. The van der Waals surface area contributed by atoms with Gasteiger partial charge in [0, 0.05) is 17.6 Å². The van der Waals surface area contributed by atoms with Gasteiger partial charge in [0.05, 0.1) is 0 Å². The fourth-order valence-corrected chi connectivity index (χ4v) is 2.11. The summed E-state index contributed by atoms with van der Waals surface area (Å²) < 4.78 is 32.6. The molecule has 1 aromatic heterocycles. The first-order valence-electron chi connectivity index (χ1n) is 5.43. The molecule has 1 N–H and O–H groups in total. The SMILES string of the molecule is COCc1nc(Cl)cc(Nc2c(F)cc(Br)cc2F)n1. The van der Waals surface area contributed by atoms with E-state index >= 15 is 0 Å². The highest BCUT2D eigenvalue weighted by Crippen LogP contribution is 2.26. The monoisotopic (exact) mass is 363 g/mol. The van der Waals surface area contributed by atoms with E-state index in [1.807, 2.05) is 0 Å². The molecule has 1 aromatic carbocycles. The molecule has 0 aliphatic heterocycles. The van der Waals surface area contributed by atoms with Crippen LogP contribution in [0, 0.1) is 11.6 Å². The van der Waals surface area contributed by atoms with Gasteiger partial charge in [-0.3, -0.25) is 0 Å². The Kier molecular flexibility index (Phi) is 4.85. The van der Waals surface area contributed by atoms with E-state index in [1.165, 1.54) is 13.2 Å². The number of rotatable bonds is 4. The van der Waals surface area contributed by atoms with Crippen molar-refractivity contribution in [3.05, 3.63) is 45.3 Å². The van der Waals surface area contributed by atoms with Gasteiger partial charge in [0.15, 0.2) is 17.5 Å². The number of nitrogens with one attached hydrogen (secondary N) is 1. The lowest BCUT2D eigenvalue weighted by molar-refractivity contribution is 0.178. The lowest BCUT2D eigenvalue weighted by atomic mass is 10.3. The van der Waals surface area contributed by atoms with E-state index in [-0.39, 0.29) is 23.3 Å². The summed E-state index contributed by atoms with van der Waals surface area (Å²) in [7, 11) is 1.48. The Morgan fingerprint density at radius 3 is 2.50 bits per heavy atom. The molecule has 0 saturated heterocycles. The Morgan fingerprint density at radius 2 is 1.90 bits per heavy atom. The van der Waals surface area contributed by atoms with Gasteiger partial charge in [-0.05, 0) is 12.1 Å². The van der Waals surface area contributed by atoms with Crippen molar-refractivity contribution in [3.8, 4) is 0 Å². The predicted octanol–water partition coefficient (Wildman–Crippen LogP) is 4.06. The number of nitrogens with zero attached hydrogens (tertiary/aromatic N) is 2. The minimum Gasteiger partial charge on any atom is -0.377 e. The van der Waals surface area contributed by atoms with Crippen molar-refractivity contribution in [2.24, 2.45) is 0 Å². The lowest BCUT2D eigenvalue weighted by Crippen LogP contribution is -2.04. The highest BCUT2D eigenvalue weighted by molar-refractivity contribution is 9.10. The second-order valence-corrected chi connectivity index (χ2v) is 5.10. The molecule has 0 bridgehead atoms. The third-order valence-corrected chi connectivity index (χ3v) is 2.93. The Labute approximate surface area is 127 Å². The van der Waals surface area contributed by atoms with E-state index in [4.69, 9.17) is 16.3 Å². The lowest BCUT2D eigenvalue weighted by Gasteiger charge is -2.10. The van der Waals surface area contributed by atoms with Crippen LogP contribution in [0.1, 0.15) is 5.82 Å². The summed E-state index contributed by atoms with van der Waals surface area (Å²) in [5.41, 5.74) is -0.314. The summed E-state index contributed by atoms with van der Waals surface area (Å²) in [6, 6.07) is 3.65. The second kappa shape index (κ2) is 6.43. The molecule has 0 amide bonds. The first-order valence-corrected chi connectivity index (χ1v) is 6.60. The molecule has 1 heterocycles. The molecule has 0 saturated carbocycles. The number of methoxy groups -OCH3 is 1. The molecule has 2 rings (SSSR count). The van der Waals surface area contributed by atoms with Crippen LogP contribution in [-0.2, 0) is 11.3 Å². The topological polar surface area (TPSA) is 47.0 Å².